The van der Waals surface area contributed by atoms with Crippen LogP contribution in [0.2, 0.25) is 0 Å². The lowest BCUT2D eigenvalue weighted by Crippen LogP contribution is -2.56. The van der Waals surface area contributed by atoms with E-state index in [2.05, 4.69) is 52.2 Å². The molecule has 5 heterocycles. The van der Waals surface area contributed by atoms with Crippen molar-refractivity contribution in [2.75, 3.05) is 69.2 Å². The molecule has 0 spiro atoms. The number of likely N-dealkylation sites (tertiary alicyclic amines) is 1. The molecule has 13 nitrogen and oxygen atoms in total. The Morgan fingerprint density at radius 1 is 1.08 bits per heavy atom. The summed E-state index contributed by atoms with van der Waals surface area (Å²) in [6.07, 6.45) is -0.272. The Morgan fingerprint density at radius 3 is 2.54 bits per heavy atom. The molecule has 0 aliphatic carbocycles. The summed E-state index contributed by atoms with van der Waals surface area (Å²) in [6, 6.07) is 15.2. The number of halogens is 2. The van der Waals surface area contributed by atoms with Crippen molar-refractivity contribution in [1.82, 2.24) is 24.8 Å². The number of nitrogens with one attached hydrogen (secondary N) is 1. The topological polar surface area (TPSA) is 144 Å². The average Bonchev–Trinajstić information content (AvgIpc) is 3.51. The molecule has 48 heavy (non-hydrogen) atoms. The quantitative estimate of drug-likeness (QED) is 0.384. The van der Waals surface area contributed by atoms with Gasteiger partial charge in [0.25, 0.3) is 5.91 Å². The third-order valence-corrected chi connectivity index (χ3v) is 8.96. The molecule has 0 bridgehead atoms. The number of aliphatic imine (C=N–C) groups is 2. The number of amidine groups is 1. The highest BCUT2D eigenvalue weighted by Crippen LogP contribution is 2.34. The Labute approximate surface area is 275 Å². The molecule has 0 radical (unpaired) electrons. The molecule has 1 N–H and O–H groups in total. The van der Waals surface area contributed by atoms with Crippen molar-refractivity contribution in [1.29, 1.82) is 5.26 Å². The predicted molar refractivity (Wildman–Crippen MR) is 174 cm³/mol. The molecule has 1 amide bonds. The number of rotatable bonds is 8. The summed E-state index contributed by atoms with van der Waals surface area (Å²) in [4.78, 5) is 39.7. The van der Waals surface area contributed by atoms with E-state index in [1.807, 2.05) is 18.2 Å². The molecule has 4 aliphatic rings. The minimum Gasteiger partial charge on any atom is -0.483 e. The second-order valence-corrected chi connectivity index (χ2v) is 12.1. The van der Waals surface area contributed by atoms with Crippen molar-refractivity contribution in [3.8, 4) is 23.2 Å². The normalized spacial score (nSPS) is 21.2. The second-order valence-electron chi connectivity index (χ2n) is 12.1. The van der Waals surface area contributed by atoms with Crippen LogP contribution in [0.1, 0.15) is 18.9 Å². The van der Waals surface area contributed by atoms with Crippen molar-refractivity contribution in [2.24, 2.45) is 9.98 Å². The first-order valence-electron chi connectivity index (χ1n) is 15.9. The van der Waals surface area contributed by atoms with Gasteiger partial charge in [0, 0.05) is 56.1 Å². The van der Waals surface area contributed by atoms with Crippen LogP contribution in [0.3, 0.4) is 0 Å². The SMILES string of the molecule is CC1=NCC(C(=O)N2CC[C@H](Oc3ccc(-c4ncnc(Nc5ccc(N6CCN(C7COC7)CC6)cc5)n4)cc3C#N)C(F)(F)C2)=N1. The molecular formula is C33H34F2N10O3. The van der Waals surface area contributed by atoms with Crippen LogP contribution in [-0.4, -0.2) is 119 Å². The van der Waals surface area contributed by atoms with Gasteiger partial charge in [0.05, 0.1) is 37.9 Å². The van der Waals surface area contributed by atoms with Gasteiger partial charge in [-0.05, 0) is 49.4 Å². The van der Waals surface area contributed by atoms with Gasteiger partial charge in [-0.2, -0.15) is 10.2 Å². The number of benzene rings is 2. The van der Waals surface area contributed by atoms with Gasteiger partial charge in [-0.15, -0.1) is 0 Å². The van der Waals surface area contributed by atoms with Crippen molar-refractivity contribution in [3.05, 3.63) is 54.4 Å². The number of anilines is 3. The Bertz CT molecular complexity index is 1780. The number of piperidine rings is 1. The third kappa shape index (κ3) is 6.67. The van der Waals surface area contributed by atoms with Crippen molar-refractivity contribution in [3.63, 3.8) is 0 Å². The van der Waals surface area contributed by atoms with E-state index in [9.17, 15) is 10.1 Å². The fourth-order valence-electron chi connectivity index (χ4n) is 6.16. The van der Waals surface area contributed by atoms with Gasteiger partial charge in [-0.3, -0.25) is 14.7 Å². The van der Waals surface area contributed by atoms with Crippen molar-refractivity contribution >= 4 is 34.8 Å². The van der Waals surface area contributed by atoms with Gasteiger partial charge >= 0.3 is 5.92 Å². The standard InChI is InChI=1S/C33H34F2N10O3/c1-21-37-16-27(40-21)31(46)45-9-8-29(33(34,35)19-45)48-28-7-2-22(14-23(28)15-36)30-38-20-39-32(42-30)41-24-3-5-25(6-4-24)43-10-12-44(13-11-43)26-17-47-18-26/h2-7,14,20,26,29H,8-13,16-19H2,1H3,(H,38,39,41,42)/t29-/m0/s1. The zero-order chi connectivity index (χ0) is 33.3. The monoisotopic (exact) mass is 656 g/mol. The number of piperazine rings is 1. The number of aromatic nitrogens is 3. The minimum absolute atomic E-state index is 0.0147. The average molecular weight is 657 g/mol. The predicted octanol–water partition coefficient (Wildman–Crippen LogP) is 3.16. The number of ether oxygens (including phenoxy) is 2. The zero-order valence-corrected chi connectivity index (χ0v) is 26.4. The number of alkyl halides is 2. The Balaban J connectivity index is 0.976. The van der Waals surface area contributed by atoms with E-state index in [1.165, 1.54) is 18.5 Å². The number of nitrogens with zero attached hydrogens (tertiary/aromatic N) is 9. The lowest BCUT2D eigenvalue weighted by atomic mass is 10.0. The first-order valence-corrected chi connectivity index (χ1v) is 15.9. The van der Waals surface area contributed by atoms with Crippen LogP contribution >= 0.6 is 0 Å². The number of hydrogen-bond donors (Lipinski definition) is 1. The highest BCUT2D eigenvalue weighted by atomic mass is 19.3. The minimum atomic E-state index is -3.35. The maximum atomic E-state index is 15.2. The van der Waals surface area contributed by atoms with Gasteiger partial charge in [-0.1, -0.05) is 0 Å². The van der Waals surface area contributed by atoms with Gasteiger partial charge < -0.3 is 24.6 Å². The first-order chi connectivity index (χ1) is 23.3. The van der Waals surface area contributed by atoms with Crippen molar-refractivity contribution in [2.45, 2.75) is 31.4 Å². The van der Waals surface area contributed by atoms with E-state index < -0.39 is 24.5 Å². The van der Waals surface area contributed by atoms with E-state index in [-0.39, 0.29) is 36.5 Å². The number of carbonyl (C=O) groups excluding carboxylic acids is 1. The molecule has 0 saturated carbocycles. The summed E-state index contributed by atoms with van der Waals surface area (Å²) in [5, 5.41) is 13.1. The number of hydrogen-bond acceptors (Lipinski definition) is 12. The number of nitriles is 1. The van der Waals surface area contributed by atoms with Crippen LogP contribution in [0, 0.1) is 11.3 Å². The molecule has 248 valence electrons. The highest BCUT2D eigenvalue weighted by molar-refractivity contribution is 6.42. The molecule has 3 saturated heterocycles. The second kappa shape index (κ2) is 13.2. The molecule has 0 unspecified atom stereocenters. The molecule has 15 heteroatoms. The first kappa shape index (κ1) is 31.5. The summed E-state index contributed by atoms with van der Waals surface area (Å²) in [5.74, 6) is -2.82. The number of amides is 1. The van der Waals surface area contributed by atoms with Crippen LogP contribution in [0.4, 0.5) is 26.1 Å². The smallest absolute Gasteiger partial charge is 0.301 e. The molecule has 3 aromatic rings. The zero-order valence-electron chi connectivity index (χ0n) is 26.4. The largest absolute Gasteiger partial charge is 0.483 e. The van der Waals surface area contributed by atoms with E-state index in [0.29, 0.717) is 29.2 Å². The van der Waals surface area contributed by atoms with E-state index in [1.54, 1.807) is 13.0 Å². The fraction of sp³-hybridized carbons (Fsp3) is 0.424. The van der Waals surface area contributed by atoms with E-state index >= 15 is 8.78 Å². The van der Waals surface area contributed by atoms with Gasteiger partial charge in [0.2, 0.25) is 5.95 Å². The van der Waals surface area contributed by atoms with E-state index in [0.717, 1.165) is 55.7 Å². The molecule has 2 aromatic carbocycles. The van der Waals surface area contributed by atoms with Gasteiger partial charge in [0.1, 0.15) is 29.7 Å². The molecule has 1 aromatic heterocycles. The summed E-state index contributed by atoms with van der Waals surface area (Å²) in [6.45, 7) is 6.61. The van der Waals surface area contributed by atoms with Crippen LogP contribution in [-0.2, 0) is 9.53 Å². The highest BCUT2D eigenvalue weighted by Gasteiger charge is 2.48. The van der Waals surface area contributed by atoms with Gasteiger partial charge in [-0.25, -0.2) is 23.7 Å². The summed E-state index contributed by atoms with van der Waals surface area (Å²) in [7, 11) is 0. The maximum Gasteiger partial charge on any atom is 0.301 e. The molecule has 4 aliphatic heterocycles. The van der Waals surface area contributed by atoms with E-state index in [4.69, 9.17) is 9.47 Å². The molecular weight excluding hydrogens is 622 g/mol. The summed E-state index contributed by atoms with van der Waals surface area (Å²) < 4.78 is 41.4. The van der Waals surface area contributed by atoms with Gasteiger partial charge in [0.15, 0.2) is 11.9 Å². The lowest BCUT2D eigenvalue weighted by Gasteiger charge is -2.43. The molecule has 1 atom stereocenters. The number of carbonyl (C=O) groups is 1. The van der Waals surface area contributed by atoms with Crippen LogP contribution < -0.4 is 15.0 Å². The summed E-state index contributed by atoms with van der Waals surface area (Å²) in [5.41, 5.74) is 2.65. The molecule has 7 rings (SSSR count). The summed E-state index contributed by atoms with van der Waals surface area (Å²) >= 11 is 0. The van der Waals surface area contributed by atoms with Crippen LogP contribution in [0.25, 0.3) is 11.4 Å². The Hall–Kier alpha value is -5.07. The van der Waals surface area contributed by atoms with Crippen molar-refractivity contribution < 1.29 is 23.0 Å². The molecule has 3 fully saturated rings. The lowest BCUT2D eigenvalue weighted by molar-refractivity contribution is -0.155. The Morgan fingerprint density at radius 2 is 1.88 bits per heavy atom. The van der Waals surface area contributed by atoms with Crippen LogP contribution in [0.15, 0.2) is 58.8 Å². The Kier molecular flexibility index (Phi) is 8.67. The fourth-order valence-corrected chi connectivity index (χ4v) is 6.16. The third-order valence-electron chi connectivity index (χ3n) is 8.96. The van der Waals surface area contributed by atoms with Crippen LogP contribution in [0.5, 0.6) is 5.75 Å². The maximum absolute atomic E-state index is 15.2.